The first-order valence-corrected chi connectivity index (χ1v) is 7.55. The van der Waals surface area contributed by atoms with E-state index >= 15 is 0 Å². The standard InChI is InChI=1S/C15H19ClN2O/c1-2-12-13(19)9-10-7-8-14(16)17-15(10)18(12)11-5-3-4-6-11/h7-8,11-12H,2-6,9H2,1H3/t12-/m1/s1. The Hall–Kier alpha value is -1.09. The van der Waals surface area contributed by atoms with Gasteiger partial charge in [-0.25, -0.2) is 4.98 Å². The molecule has 0 amide bonds. The summed E-state index contributed by atoms with van der Waals surface area (Å²) in [6.07, 6.45) is 6.18. The van der Waals surface area contributed by atoms with Crippen molar-refractivity contribution in [2.24, 2.45) is 0 Å². The van der Waals surface area contributed by atoms with Crippen molar-refractivity contribution in [1.29, 1.82) is 0 Å². The number of fused-ring (bicyclic) bond motifs is 1. The van der Waals surface area contributed by atoms with Gasteiger partial charge in [-0.05, 0) is 25.3 Å². The third-order valence-electron chi connectivity index (χ3n) is 4.34. The Balaban J connectivity index is 2.05. The number of hydrogen-bond acceptors (Lipinski definition) is 3. The topological polar surface area (TPSA) is 33.2 Å². The fraction of sp³-hybridized carbons (Fsp3) is 0.600. The van der Waals surface area contributed by atoms with E-state index < -0.39 is 0 Å². The molecule has 0 bridgehead atoms. The number of rotatable bonds is 2. The highest BCUT2D eigenvalue weighted by Crippen LogP contribution is 2.36. The van der Waals surface area contributed by atoms with Crippen LogP contribution in [0, 0.1) is 0 Å². The quantitative estimate of drug-likeness (QED) is 0.778. The number of carbonyl (C=O) groups excluding carboxylic acids is 1. The van der Waals surface area contributed by atoms with Crippen LogP contribution in [-0.4, -0.2) is 22.9 Å². The lowest BCUT2D eigenvalue weighted by atomic mass is 9.93. The Bertz CT molecular complexity index is 497. The highest BCUT2D eigenvalue weighted by Gasteiger charge is 2.37. The number of halogens is 1. The van der Waals surface area contributed by atoms with Gasteiger partial charge in [0.1, 0.15) is 11.0 Å². The van der Waals surface area contributed by atoms with E-state index in [0.29, 0.717) is 23.4 Å². The molecule has 1 aliphatic heterocycles. The van der Waals surface area contributed by atoms with Crippen LogP contribution < -0.4 is 4.90 Å². The van der Waals surface area contributed by atoms with Gasteiger partial charge in [-0.2, -0.15) is 0 Å². The van der Waals surface area contributed by atoms with Crippen LogP contribution in [0.1, 0.15) is 44.6 Å². The number of hydrogen-bond donors (Lipinski definition) is 0. The highest BCUT2D eigenvalue weighted by atomic mass is 35.5. The van der Waals surface area contributed by atoms with Gasteiger partial charge in [0.2, 0.25) is 0 Å². The minimum absolute atomic E-state index is 0.0124. The van der Waals surface area contributed by atoms with Gasteiger partial charge in [0, 0.05) is 18.0 Å². The smallest absolute Gasteiger partial charge is 0.159 e. The first kappa shape index (κ1) is 12.9. The van der Waals surface area contributed by atoms with Crippen LogP contribution in [-0.2, 0) is 11.2 Å². The molecule has 0 spiro atoms. The van der Waals surface area contributed by atoms with Crippen molar-refractivity contribution >= 4 is 23.2 Å². The molecule has 1 aliphatic carbocycles. The molecule has 3 rings (SSSR count). The maximum atomic E-state index is 12.3. The third kappa shape index (κ3) is 2.25. The fourth-order valence-electron chi connectivity index (χ4n) is 3.46. The van der Waals surface area contributed by atoms with Crippen LogP contribution in [0.15, 0.2) is 12.1 Å². The second kappa shape index (κ2) is 5.12. The van der Waals surface area contributed by atoms with Crippen molar-refractivity contribution in [3.8, 4) is 0 Å². The molecule has 1 fully saturated rings. The highest BCUT2D eigenvalue weighted by molar-refractivity contribution is 6.29. The molecule has 4 heteroatoms. The van der Waals surface area contributed by atoms with Gasteiger partial charge < -0.3 is 4.90 Å². The van der Waals surface area contributed by atoms with Crippen LogP contribution in [0.4, 0.5) is 5.82 Å². The lowest BCUT2D eigenvalue weighted by Crippen LogP contribution is -2.50. The molecule has 2 aliphatic rings. The summed E-state index contributed by atoms with van der Waals surface area (Å²) in [6, 6.07) is 4.18. The second-order valence-corrected chi connectivity index (χ2v) is 5.92. The van der Waals surface area contributed by atoms with Crippen molar-refractivity contribution in [1.82, 2.24) is 4.98 Å². The molecule has 0 radical (unpaired) electrons. The number of carbonyl (C=O) groups is 1. The van der Waals surface area contributed by atoms with Crippen LogP contribution in [0.25, 0.3) is 0 Å². The molecule has 0 saturated heterocycles. The molecular weight excluding hydrogens is 260 g/mol. The molecule has 1 saturated carbocycles. The largest absolute Gasteiger partial charge is 0.343 e. The van der Waals surface area contributed by atoms with Crippen LogP contribution in [0.2, 0.25) is 5.15 Å². The summed E-state index contributed by atoms with van der Waals surface area (Å²) in [7, 11) is 0. The molecule has 1 aromatic rings. The van der Waals surface area contributed by atoms with Crippen molar-refractivity contribution in [2.75, 3.05) is 4.90 Å². The lowest BCUT2D eigenvalue weighted by molar-refractivity contribution is -0.120. The normalized spacial score (nSPS) is 23.8. The van der Waals surface area contributed by atoms with Crippen LogP contribution >= 0.6 is 11.6 Å². The number of pyridine rings is 1. The Labute approximate surface area is 119 Å². The summed E-state index contributed by atoms with van der Waals surface area (Å²) in [5.74, 6) is 1.27. The summed E-state index contributed by atoms with van der Waals surface area (Å²) < 4.78 is 0. The van der Waals surface area contributed by atoms with E-state index in [4.69, 9.17) is 11.6 Å². The van der Waals surface area contributed by atoms with Crippen LogP contribution in [0.5, 0.6) is 0 Å². The second-order valence-electron chi connectivity index (χ2n) is 5.53. The SMILES string of the molecule is CC[C@@H]1C(=O)Cc2ccc(Cl)nc2N1C1CCCC1. The number of nitrogens with zero attached hydrogens (tertiary/aromatic N) is 2. The summed E-state index contributed by atoms with van der Waals surface area (Å²) in [6.45, 7) is 2.08. The molecule has 3 nitrogen and oxygen atoms in total. The maximum absolute atomic E-state index is 12.3. The predicted octanol–water partition coefficient (Wildman–Crippen LogP) is 3.39. The minimum atomic E-state index is -0.0124. The molecule has 0 N–H and O–H groups in total. The first-order chi connectivity index (χ1) is 9.20. The lowest BCUT2D eigenvalue weighted by Gasteiger charge is -2.40. The van der Waals surface area contributed by atoms with Gasteiger partial charge in [-0.3, -0.25) is 4.79 Å². The molecule has 0 unspecified atom stereocenters. The Morgan fingerprint density at radius 2 is 2.11 bits per heavy atom. The van der Waals surface area contributed by atoms with Gasteiger partial charge >= 0.3 is 0 Å². The molecule has 102 valence electrons. The Morgan fingerprint density at radius 1 is 1.37 bits per heavy atom. The fourth-order valence-corrected chi connectivity index (χ4v) is 3.60. The monoisotopic (exact) mass is 278 g/mol. The van der Waals surface area contributed by atoms with Gasteiger partial charge in [0.15, 0.2) is 5.78 Å². The predicted molar refractivity (Wildman–Crippen MR) is 76.8 cm³/mol. The summed E-state index contributed by atoms with van der Waals surface area (Å²) in [5.41, 5.74) is 1.03. The number of anilines is 1. The molecular formula is C15H19ClN2O. The molecule has 1 atom stereocenters. The van der Waals surface area contributed by atoms with E-state index in [9.17, 15) is 4.79 Å². The zero-order valence-electron chi connectivity index (χ0n) is 11.2. The summed E-state index contributed by atoms with van der Waals surface area (Å²) in [5, 5.41) is 0.519. The molecule has 0 aromatic carbocycles. The van der Waals surface area contributed by atoms with E-state index in [1.807, 2.05) is 6.07 Å². The number of aromatic nitrogens is 1. The van der Waals surface area contributed by atoms with Gasteiger partial charge in [-0.15, -0.1) is 0 Å². The zero-order valence-corrected chi connectivity index (χ0v) is 12.0. The third-order valence-corrected chi connectivity index (χ3v) is 4.55. The molecule has 2 heterocycles. The van der Waals surface area contributed by atoms with Crippen molar-refractivity contribution in [3.63, 3.8) is 0 Å². The Kier molecular flexibility index (Phi) is 3.48. The number of Topliss-reactive ketones (excluding diaryl/α,β-unsaturated/α-hetero) is 1. The maximum Gasteiger partial charge on any atom is 0.159 e. The van der Waals surface area contributed by atoms with Crippen LogP contribution in [0.3, 0.4) is 0 Å². The van der Waals surface area contributed by atoms with E-state index in [-0.39, 0.29) is 6.04 Å². The van der Waals surface area contributed by atoms with E-state index in [2.05, 4.69) is 16.8 Å². The molecule has 19 heavy (non-hydrogen) atoms. The van der Waals surface area contributed by atoms with Crippen molar-refractivity contribution < 1.29 is 4.79 Å². The average molecular weight is 279 g/mol. The van der Waals surface area contributed by atoms with E-state index in [1.54, 1.807) is 6.07 Å². The van der Waals surface area contributed by atoms with Gasteiger partial charge in [-0.1, -0.05) is 37.4 Å². The molecule has 1 aromatic heterocycles. The average Bonchev–Trinajstić information content (AvgIpc) is 2.91. The van der Waals surface area contributed by atoms with Gasteiger partial charge in [0.25, 0.3) is 0 Å². The van der Waals surface area contributed by atoms with Gasteiger partial charge in [0.05, 0.1) is 6.04 Å². The van der Waals surface area contributed by atoms with Crippen molar-refractivity contribution in [3.05, 3.63) is 22.8 Å². The Morgan fingerprint density at radius 3 is 2.79 bits per heavy atom. The van der Waals surface area contributed by atoms with Crippen molar-refractivity contribution in [2.45, 2.75) is 57.5 Å². The van der Waals surface area contributed by atoms with E-state index in [0.717, 1.165) is 30.6 Å². The summed E-state index contributed by atoms with van der Waals surface area (Å²) in [4.78, 5) is 19.1. The first-order valence-electron chi connectivity index (χ1n) is 7.17. The number of ketones is 1. The van der Waals surface area contributed by atoms with E-state index in [1.165, 1.54) is 12.8 Å². The zero-order chi connectivity index (χ0) is 13.4. The minimum Gasteiger partial charge on any atom is -0.343 e. The summed E-state index contributed by atoms with van der Waals surface area (Å²) >= 11 is 6.05.